The summed E-state index contributed by atoms with van der Waals surface area (Å²) in [5, 5.41) is 3.55. The molecular weight excluding hydrogens is 172 g/mol. The lowest BCUT2D eigenvalue weighted by molar-refractivity contribution is 0.163. The van der Waals surface area contributed by atoms with E-state index in [0.29, 0.717) is 6.04 Å². The van der Waals surface area contributed by atoms with Crippen molar-refractivity contribution in [2.45, 2.75) is 33.2 Å². The summed E-state index contributed by atoms with van der Waals surface area (Å²) in [6, 6.07) is 0.714. The zero-order valence-electron chi connectivity index (χ0n) is 9.64. The van der Waals surface area contributed by atoms with Crippen molar-refractivity contribution in [2.24, 2.45) is 5.92 Å². The third-order valence-electron chi connectivity index (χ3n) is 2.94. The number of likely N-dealkylation sites (tertiary alicyclic amines) is 1. The van der Waals surface area contributed by atoms with Crippen molar-refractivity contribution < 1.29 is 0 Å². The van der Waals surface area contributed by atoms with Crippen LogP contribution in [-0.2, 0) is 0 Å². The molecule has 1 N–H and O–H groups in total. The summed E-state index contributed by atoms with van der Waals surface area (Å²) >= 11 is 0. The Kier molecular flexibility index (Phi) is 5.00. The van der Waals surface area contributed by atoms with Crippen molar-refractivity contribution in [3.63, 3.8) is 0 Å². The van der Waals surface area contributed by atoms with Gasteiger partial charge in [0.25, 0.3) is 0 Å². The first kappa shape index (κ1) is 11.6. The lowest BCUT2D eigenvalue weighted by Gasteiger charge is -2.36. The molecule has 0 amide bonds. The van der Waals surface area contributed by atoms with Crippen LogP contribution in [0.5, 0.6) is 0 Å². The van der Waals surface area contributed by atoms with Crippen LogP contribution in [0.2, 0.25) is 0 Å². The molecule has 2 unspecified atom stereocenters. The van der Waals surface area contributed by atoms with Gasteiger partial charge in [-0.15, -0.1) is 5.92 Å². The normalized spacial score (nSPS) is 28.2. The fourth-order valence-corrected chi connectivity index (χ4v) is 2.13. The molecular formula is C12H22N2. The molecule has 1 saturated heterocycles. The molecule has 14 heavy (non-hydrogen) atoms. The lowest BCUT2D eigenvalue weighted by Crippen LogP contribution is -2.48. The van der Waals surface area contributed by atoms with Gasteiger partial charge in [0.05, 0.1) is 6.54 Å². The molecule has 80 valence electrons. The van der Waals surface area contributed by atoms with Crippen molar-refractivity contribution in [2.75, 3.05) is 26.2 Å². The Morgan fingerprint density at radius 2 is 2.29 bits per heavy atom. The van der Waals surface area contributed by atoms with Gasteiger partial charge in [-0.25, -0.2) is 0 Å². The van der Waals surface area contributed by atoms with E-state index >= 15 is 0 Å². The average Bonchev–Trinajstić information content (AvgIpc) is 2.19. The molecule has 1 heterocycles. The molecule has 0 bridgehead atoms. The predicted octanol–water partition coefficient (Wildman–Crippen LogP) is 1.33. The number of hydrogen-bond acceptors (Lipinski definition) is 2. The molecule has 0 aromatic rings. The molecule has 0 spiro atoms. The lowest BCUT2D eigenvalue weighted by atomic mass is 9.94. The number of nitrogens with one attached hydrogen (secondary N) is 1. The van der Waals surface area contributed by atoms with E-state index in [-0.39, 0.29) is 0 Å². The van der Waals surface area contributed by atoms with E-state index in [2.05, 4.69) is 35.9 Å². The molecule has 0 aliphatic carbocycles. The van der Waals surface area contributed by atoms with E-state index in [1.54, 1.807) is 0 Å². The fourth-order valence-electron chi connectivity index (χ4n) is 2.13. The Morgan fingerprint density at radius 1 is 1.50 bits per heavy atom. The first-order valence-electron chi connectivity index (χ1n) is 5.63. The van der Waals surface area contributed by atoms with Crippen LogP contribution in [0, 0.1) is 17.8 Å². The second-order valence-corrected chi connectivity index (χ2v) is 4.09. The monoisotopic (exact) mass is 194 g/mol. The zero-order valence-corrected chi connectivity index (χ0v) is 9.64. The second-order valence-electron chi connectivity index (χ2n) is 4.09. The van der Waals surface area contributed by atoms with E-state index in [0.717, 1.165) is 19.0 Å². The maximum Gasteiger partial charge on any atom is 0.0601 e. The Morgan fingerprint density at radius 3 is 2.86 bits per heavy atom. The predicted molar refractivity (Wildman–Crippen MR) is 61.1 cm³/mol. The highest BCUT2D eigenvalue weighted by atomic mass is 15.1. The molecule has 0 aromatic heterocycles. The molecule has 2 atom stereocenters. The van der Waals surface area contributed by atoms with Crippen molar-refractivity contribution in [1.29, 1.82) is 0 Å². The van der Waals surface area contributed by atoms with Crippen molar-refractivity contribution in [3.8, 4) is 11.8 Å². The van der Waals surface area contributed by atoms with E-state index < -0.39 is 0 Å². The highest BCUT2D eigenvalue weighted by molar-refractivity contribution is 4.99. The number of rotatable bonds is 3. The van der Waals surface area contributed by atoms with Crippen LogP contribution in [-0.4, -0.2) is 37.1 Å². The molecule has 2 nitrogen and oxygen atoms in total. The summed E-state index contributed by atoms with van der Waals surface area (Å²) in [6.07, 6.45) is 1.26. The van der Waals surface area contributed by atoms with Gasteiger partial charge in [0.2, 0.25) is 0 Å². The quantitative estimate of drug-likeness (QED) is 0.682. The minimum atomic E-state index is 0.714. The fraction of sp³-hybridized carbons (Fsp3) is 0.833. The summed E-state index contributed by atoms with van der Waals surface area (Å²) in [6.45, 7) is 10.8. The van der Waals surface area contributed by atoms with Gasteiger partial charge in [0, 0.05) is 19.1 Å². The van der Waals surface area contributed by atoms with Crippen LogP contribution >= 0.6 is 0 Å². The van der Waals surface area contributed by atoms with Crippen molar-refractivity contribution in [3.05, 3.63) is 0 Å². The topological polar surface area (TPSA) is 15.3 Å². The highest BCUT2D eigenvalue weighted by Crippen LogP contribution is 2.15. The van der Waals surface area contributed by atoms with Crippen LogP contribution < -0.4 is 5.32 Å². The first-order chi connectivity index (χ1) is 6.77. The molecule has 0 radical (unpaired) electrons. The van der Waals surface area contributed by atoms with Gasteiger partial charge < -0.3 is 5.32 Å². The average molecular weight is 194 g/mol. The van der Waals surface area contributed by atoms with E-state index in [1.807, 2.05) is 6.92 Å². The molecule has 1 aliphatic rings. The van der Waals surface area contributed by atoms with Gasteiger partial charge in [0.1, 0.15) is 0 Å². The molecule has 1 fully saturated rings. The third-order valence-corrected chi connectivity index (χ3v) is 2.94. The van der Waals surface area contributed by atoms with Gasteiger partial charge >= 0.3 is 0 Å². The van der Waals surface area contributed by atoms with Crippen LogP contribution in [0.15, 0.2) is 0 Å². The Bertz CT molecular complexity index is 214. The minimum absolute atomic E-state index is 0.714. The Labute approximate surface area is 88.1 Å². The second kappa shape index (κ2) is 6.06. The largest absolute Gasteiger partial charge is 0.314 e. The summed E-state index contributed by atoms with van der Waals surface area (Å²) in [5.41, 5.74) is 0. The maximum absolute atomic E-state index is 3.55. The third kappa shape index (κ3) is 3.32. The Hall–Kier alpha value is -0.520. The molecule has 2 heteroatoms. The molecule has 1 rings (SSSR count). The summed E-state index contributed by atoms with van der Waals surface area (Å²) in [5.74, 6) is 6.85. The van der Waals surface area contributed by atoms with E-state index in [9.17, 15) is 0 Å². The standard InChI is InChI=1S/C12H22N2/c1-4-6-8-14-9-7-12(13-5-2)11(3)10-14/h11-13H,5,7-10H2,1-3H3. The molecule has 0 saturated carbocycles. The van der Waals surface area contributed by atoms with E-state index in [4.69, 9.17) is 0 Å². The van der Waals surface area contributed by atoms with Crippen LogP contribution in [0.4, 0.5) is 0 Å². The van der Waals surface area contributed by atoms with Gasteiger partial charge in [0.15, 0.2) is 0 Å². The minimum Gasteiger partial charge on any atom is -0.314 e. The van der Waals surface area contributed by atoms with Crippen LogP contribution in [0.3, 0.4) is 0 Å². The summed E-state index contributed by atoms with van der Waals surface area (Å²) in [7, 11) is 0. The van der Waals surface area contributed by atoms with Crippen molar-refractivity contribution >= 4 is 0 Å². The number of piperidine rings is 1. The zero-order chi connectivity index (χ0) is 10.4. The van der Waals surface area contributed by atoms with Crippen LogP contribution in [0.25, 0.3) is 0 Å². The molecule has 1 aliphatic heterocycles. The summed E-state index contributed by atoms with van der Waals surface area (Å²) in [4.78, 5) is 2.45. The highest BCUT2D eigenvalue weighted by Gasteiger charge is 2.24. The van der Waals surface area contributed by atoms with Crippen LogP contribution in [0.1, 0.15) is 27.2 Å². The van der Waals surface area contributed by atoms with Gasteiger partial charge in [-0.3, -0.25) is 4.90 Å². The van der Waals surface area contributed by atoms with Crippen molar-refractivity contribution in [1.82, 2.24) is 10.2 Å². The maximum atomic E-state index is 3.55. The first-order valence-corrected chi connectivity index (χ1v) is 5.63. The smallest absolute Gasteiger partial charge is 0.0601 e. The van der Waals surface area contributed by atoms with Gasteiger partial charge in [-0.1, -0.05) is 19.8 Å². The van der Waals surface area contributed by atoms with Gasteiger partial charge in [-0.2, -0.15) is 0 Å². The Balaban J connectivity index is 2.33. The number of hydrogen-bond donors (Lipinski definition) is 1. The SMILES string of the molecule is CC#CCN1CCC(NCC)C(C)C1. The summed E-state index contributed by atoms with van der Waals surface area (Å²) < 4.78 is 0. The van der Waals surface area contributed by atoms with Gasteiger partial charge in [-0.05, 0) is 25.8 Å². The van der Waals surface area contributed by atoms with E-state index in [1.165, 1.54) is 19.5 Å². The number of nitrogens with zero attached hydrogens (tertiary/aromatic N) is 1. The molecule has 0 aromatic carbocycles.